The molecule has 1 heterocycles. The number of nitrogens with one attached hydrogen (secondary N) is 2. The van der Waals surface area contributed by atoms with Gasteiger partial charge < -0.3 is 10.2 Å². The van der Waals surface area contributed by atoms with Gasteiger partial charge in [-0.3, -0.25) is 19.8 Å². The lowest BCUT2D eigenvalue weighted by molar-refractivity contribution is -0.138. The van der Waals surface area contributed by atoms with Gasteiger partial charge in [0.25, 0.3) is 5.91 Å². The van der Waals surface area contributed by atoms with Gasteiger partial charge in [-0.2, -0.15) is 13.2 Å². The maximum Gasteiger partial charge on any atom is 0.417 e. The minimum absolute atomic E-state index is 0.109. The van der Waals surface area contributed by atoms with Crippen LogP contribution in [0.15, 0.2) is 24.3 Å². The monoisotopic (exact) mass is 386 g/mol. The summed E-state index contributed by atoms with van der Waals surface area (Å²) in [7, 11) is 1.40. The maximum absolute atomic E-state index is 13.1. The van der Waals surface area contributed by atoms with Crippen molar-refractivity contribution in [3.05, 3.63) is 35.4 Å². The topological polar surface area (TPSA) is 81.8 Å². The van der Waals surface area contributed by atoms with E-state index in [0.29, 0.717) is 19.6 Å². The number of rotatable bonds is 4. The lowest BCUT2D eigenvalue weighted by atomic mass is 10.1. The summed E-state index contributed by atoms with van der Waals surface area (Å²) in [6, 6.07) is 4.15. The molecule has 0 radical (unpaired) electrons. The first-order valence-electron chi connectivity index (χ1n) is 8.41. The quantitative estimate of drug-likeness (QED) is 0.818. The fraction of sp³-hybridized carbons (Fsp3) is 0.471. The van der Waals surface area contributed by atoms with E-state index in [1.165, 1.54) is 30.1 Å². The van der Waals surface area contributed by atoms with E-state index in [0.717, 1.165) is 6.07 Å². The normalized spacial score (nSPS) is 15.3. The first-order chi connectivity index (χ1) is 12.7. The zero-order chi connectivity index (χ0) is 20.0. The van der Waals surface area contributed by atoms with Crippen molar-refractivity contribution in [1.29, 1.82) is 0 Å². The Balaban J connectivity index is 1.88. The van der Waals surface area contributed by atoms with Crippen molar-refractivity contribution >= 4 is 17.8 Å². The van der Waals surface area contributed by atoms with E-state index in [1.54, 1.807) is 0 Å². The number of hydrogen-bond acceptors (Lipinski definition) is 4. The highest BCUT2D eigenvalue weighted by Gasteiger charge is 2.36. The van der Waals surface area contributed by atoms with Crippen LogP contribution in [0.2, 0.25) is 0 Å². The van der Waals surface area contributed by atoms with Crippen LogP contribution in [0.3, 0.4) is 0 Å². The molecular weight excluding hydrogens is 365 g/mol. The predicted octanol–water partition coefficient (Wildman–Crippen LogP) is 1.31. The summed E-state index contributed by atoms with van der Waals surface area (Å²) in [5.41, 5.74) is -1.30. The van der Waals surface area contributed by atoms with Crippen LogP contribution in [-0.2, 0) is 11.0 Å². The van der Waals surface area contributed by atoms with Crippen LogP contribution in [-0.4, -0.2) is 67.4 Å². The molecule has 0 bridgehead atoms. The van der Waals surface area contributed by atoms with Crippen molar-refractivity contribution < 1.29 is 27.6 Å². The van der Waals surface area contributed by atoms with Crippen LogP contribution in [0.25, 0.3) is 0 Å². The van der Waals surface area contributed by atoms with Crippen molar-refractivity contribution in [3.63, 3.8) is 0 Å². The summed E-state index contributed by atoms with van der Waals surface area (Å²) < 4.78 is 39.3. The Morgan fingerprint density at radius 3 is 2.30 bits per heavy atom. The van der Waals surface area contributed by atoms with Crippen LogP contribution in [0, 0.1) is 0 Å². The lowest BCUT2D eigenvalue weighted by Gasteiger charge is -2.35. The standard InChI is InChI=1S/C17H21F3N4O3/c1-21-16(27)22-14(25)6-7-23-8-10-24(11-9-23)15(26)12-4-2-3-5-13(12)17(18,19)20/h2-5H,6-11H2,1H3,(H2,21,22,25,27). The number of nitrogens with zero attached hydrogens (tertiary/aromatic N) is 2. The number of amides is 4. The molecule has 0 spiro atoms. The van der Waals surface area contributed by atoms with Crippen molar-refractivity contribution in [1.82, 2.24) is 20.4 Å². The molecule has 1 aliphatic heterocycles. The Hall–Kier alpha value is -2.62. The largest absolute Gasteiger partial charge is 0.417 e. The number of benzene rings is 1. The van der Waals surface area contributed by atoms with Gasteiger partial charge in [0.2, 0.25) is 5.91 Å². The van der Waals surface area contributed by atoms with Crippen molar-refractivity contribution in [2.45, 2.75) is 12.6 Å². The molecule has 148 valence electrons. The Morgan fingerprint density at radius 1 is 1.07 bits per heavy atom. The molecule has 27 heavy (non-hydrogen) atoms. The lowest BCUT2D eigenvalue weighted by Crippen LogP contribution is -2.49. The molecule has 0 unspecified atom stereocenters. The number of halogens is 3. The average Bonchev–Trinajstić information content (AvgIpc) is 2.65. The summed E-state index contributed by atoms with van der Waals surface area (Å²) in [6.07, 6.45) is -4.48. The SMILES string of the molecule is CNC(=O)NC(=O)CCN1CCN(C(=O)c2ccccc2C(F)(F)F)CC1. The molecule has 2 N–H and O–H groups in total. The second-order valence-electron chi connectivity index (χ2n) is 6.05. The van der Waals surface area contributed by atoms with Gasteiger partial charge in [0.1, 0.15) is 0 Å². The molecule has 1 aromatic rings. The fourth-order valence-electron chi connectivity index (χ4n) is 2.77. The van der Waals surface area contributed by atoms with Crippen molar-refractivity contribution in [3.8, 4) is 0 Å². The summed E-state index contributed by atoms with van der Waals surface area (Å²) in [5, 5.41) is 4.43. The summed E-state index contributed by atoms with van der Waals surface area (Å²) in [5.74, 6) is -1.08. The van der Waals surface area contributed by atoms with E-state index in [4.69, 9.17) is 0 Å². The molecule has 1 aromatic carbocycles. The van der Waals surface area contributed by atoms with E-state index in [9.17, 15) is 27.6 Å². The molecular formula is C17H21F3N4O3. The van der Waals surface area contributed by atoms with Gasteiger partial charge in [-0.1, -0.05) is 12.1 Å². The van der Waals surface area contributed by atoms with Crippen LogP contribution in [0.1, 0.15) is 22.3 Å². The zero-order valence-electron chi connectivity index (χ0n) is 14.8. The Morgan fingerprint density at radius 2 is 1.70 bits per heavy atom. The van der Waals surface area contributed by atoms with Gasteiger partial charge in [-0.25, -0.2) is 4.79 Å². The van der Waals surface area contributed by atoms with Gasteiger partial charge in [-0.15, -0.1) is 0 Å². The zero-order valence-corrected chi connectivity index (χ0v) is 14.8. The van der Waals surface area contributed by atoms with Crippen LogP contribution in [0.4, 0.5) is 18.0 Å². The van der Waals surface area contributed by atoms with E-state index >= 15 is 0 Å². The highest BCUT2D eigenvalue weighted by atomic mass is 19.4. The molecule has 2 rings (SSSR count). The first-order valence-corrected chi connectivity index (χ1v) is 8.41. The molecule has 0 aliphatic carbocycles. The van der Waals surface area contributed by atoms with E-state index in [-0.39, 0.29) is 25.1 Å². The fourth-order valence-corrected chi connectivity index (χ4v) is 2.77. The van der Waals surface area contributed by atoms with Crippen LogP contribution < -0.4 is 10.6 Å². The van der Waals surface area contributed by atoms with E-state index < -0.39 is 29.6 Å². The second kappa shape index (κ2) is 8.85. The highest BCUT2D eigenvalue weighted by Crippen LogP contribution is 2.32. The average molecular weight is 386 g/mol. The smallest absolute Gasteiger partial charge is 0.341 e. The highest BCUT2D eigenvalue weighted by molar-refractivity contribution is 5.96. The van der Waals surface area contributed by atoms with Crippen LogP contribution >= 0.6 is 0 Å². The Labute approximate surface area is 154 Å². The molecule has 4 amide bonds. The molecule has 0 saturated carbocycles. The third kappa shape index (κ3) is 5.68. The number of carbonyl (C=O) groups is 3. The molecule has 1 saturated heterocycles. The number of hydrogen-bond donors (Lipinski definition) is 2. The van der Waals surface area contributed by atoms with Crippen LogP contribution in [0.5, 0.6) is 0 Å². The van der Waals surface area contributed by atoms with Gasteiger partial charge in [-0.05, 0) is 12.1 Å². The minimum Gasteiger partial charge on any atom is -0.341 e. The number of piperazine rings is 1. The molecule has 10 heteroatoms. The third-order valence-corrected chi connectivity index (χ3v) is 4.26. The van der Waals surface area contributed by atoms with Gasteiger partial charge in [0, 0.05) is 46.2 Å². The van der Waals surface area contributed by atoms with E-state index in [1.807, 2.05) is 4.90 Å². The molecule has 0 aromatic heterocycles. The number of alkyl halides is 3. The van der Waals surface area contributed by atoms with Crippen molar-refractivity contribution in [2.75, 3.05) is 39.8 Å². The predicted molar refractivity (Wildman–Crippen MR) is 91.0 cm³/mol. The molecule has 1 fully saturated rings. The number of carbonyl (C=O) groups excluding carboxylic acids is 3. The van der Waals surface area contributed by atoms with E-state index in [2.05, 4.69) is 10.6 Å². The Kier molecular flexibility index (Phi) is 6.78. The maximum atomic E-state index is 13.1. The number of urea groups is 1. The molecule has 7 nitrogen and oxygen atoms in total. The summed E-state index contributed by atoms with van der Waals surface area (Å²) in [4.78, 5) is 38.4. The molecule has 1 aliphatic rings. The summed E-state index contributed by atoms with van der Waals surface area (Å²) in [6.45, 7) is 1.80. The van der Waals surface area contributed by atoms with Crippen molar-refractivity contribution in [2.24, 2.45) is 0 Å². The second-order valence-corrected chi connectivity index (χ2v) is 6.05. The number of imide groups is 1. The molecule has 0 atom stereocenters. The minimum atomic E-state index is -4.59. The summed E-state index contributed by atoms with van der Waals surface area (Å²) >= 11 is 0. The Bertz CT molecular complexity index is 701. The van der Waals surface area contributed by atoms with Gasteiger partial charge in [0.15, 0.2) is 0 Å². The first kappa shape index (κ1) is 20.7. The third-order valence-electron chi connectivity index (χ3n) is 4.26. The van der Waals surface area contributed by atoms with Gasteiger partial charge in [0.05, 0.1) is 11.1 Å². The van der Waals surface area contributed by atoms with Gasteiger partial charge >= 0.3 is 12.2 Å².